The van der Waals surface area contributed by atoms with Crippen LogP contribution in [0.2, 0.25) is 0 Å². The van der Waals surface area contributed by atoms with Crippen molar-refractivity contribution in [2.45, 2.75) is 0 Å². The fourth-order valence-electron chi connectivity index (χ4n) is 1.11. The van der Waals surface area contributed by atoms with E-state index in [4.69, 9.17) is 20.2 Å². The molecule has 0 heterocycles. The first-order chi connectivity index (χ1) is 7.09. The summed E-state index contributed by atoms with van der Waals surface area (Å²) in [5.74, 6) is 0.309. The maximum absolute atomic E-state index is 9.12. The van der Waals surface area contributed by atoms with Crippen LogP contribution in [0.3, 0.4) is 0 Å². The molecular formula is C10H10BKO4. The summed E-state index contributed by atoms with van der Waals surface area (Å²) in [6.07, 6.45) is 0. The van der Waals surface area contributed by atoms with Gasteiger partial charge in [-0.1, -0.05) is 0 Å². The third kappa shape index (κ3) is 5.98. The van der Waals surface area contributed by atoms with Crippen LogP contribution < -0.4 is 51.4 Å². The van der Waals surface area contributed by atoms with Crippen molar-refractivity contribution >= 4 is 18.1 Å². The SMILES string of the molecule is OB(O)O.Oc1ccc2c[c-]ccc2c1.[K+]. The third-order valence-corrected chi connectivity index (χ3v) is 1.67. The third-order valence-electron chi connectivity index (χ3n) is 1.67. The van der Waals surface area contributed by atoms with Crippen molar-refractivity contribution in [2.75, 3.05) is 0 Å². The minimum Gasteiger partial charge on any atom is -0.508 e. The van der Waals surface area contributed by atoms with Gasteiger partial charge in [-0.25, -0.2) is 0 Å². The first kappa shape index (κ1) is 16.1. The van der Waals surface area contributed by atoms with E-state index in [0.29, 0.717) is 5.75 Å². The molecule has 78 valence electrons. The molecule has 6 heteroatoms. The van der Waals surface area contributed by atoms with Gasteiger partial charge in [0.2, 0.25) is 0 Å². The van der Waals surface area contributed by atoms with Gasteiger partial charge >= 0.3 is 58.7 Å². The van der Waals surface area contributed by atoms with Gasteiger partial charge < -0.3 is 20.2 Å². The number of hydrogen-bond acceptors (Lipinski definition) is 4. The number of aromatic hydroxyl groups is 1. The van der Waals surface area contributed by atoms with Crippen LogP contribution in [0.5, 0.6) is 5.75 Å². The van der Waals surface area contributed by atoms with Gasteiger partial charge in [-0.05, 0) is 12.1 Å². The molecule has 2 rings (SSSR count). The van der Waals surface area contributed by atoms with Crippen LogP contribution in [0.4, 0.5) is 0 Å². The van der Waals surface area contributed by atoms with E-state index in [2.05, 4.69) is 6.07 Å². The monoisotopic (exact) mass is 244 g/mol. The summed E-state index contributed by atoms with van der Waals surface area (Å²) in [5.41, 5.74) is 0. The van der Waals surface area contributed by atoms with E-state index in [1.165, 1.54) is 0 Å². The molecule has 0 aliphatic heterocycles. The van der Waals surface area contributed by atoms with Crippen LogP contribution in [-0.2, 0) is 0 Å². The number of benzene rings is 2. The molecule has 2 aromatic rings. The fourth-order valence-corrected chi connectivity index (χ4v) is 1.11. The molecule has 0 spiro atoms. The molecule has 0 saturated carbocycles. The second kappa shape index (κ2) is 8.21. The maximum atomic E-state index is 9.12. The van der Waals surface area contributed by atoms with Gasteiger partial charge in [0.25, 0.3) is 0 Å². The Morgan fingerprint density at radius 1 is 1.00 bits per heavy atom. The van der Waals surface area contributed by atoms with E-state index in [0.717, 1.165) is 10.8 Å². The average Bonchev–Trinajstić information content (AvgIpc) is 2.16. The Morgan fingerprint density at radius 2 is 1.62 bits per heavy atom. The topological polar surface area (TPSA) is 80.9 Å². The zero-order valence-corrected chi connectivity index (χ0v) is 12.0. The van der Waals surface area contributed by atoms with Gasteiger partial charge in [-0.3, -0.25) is 0 Å². The summed E-state index contributed by atoms with van der Waals surface area (Å²) in [6, 6.07) is 13.9. The molecule has 0 atom stereocenters. The van der Waals surface area contributed by atoms with Crippen LogP contribution in [0, 0.1) is 6.07 Å². The number of fused-ring (bicyclic) bond motifs is 1. The predicted molar refractivity (Wildman–Crippen MR) is 56.9 cm³/mol. The first-order valence-corrected chi connectivity index (χ1v) is 4.22. The fraction of sp³-hybridized carbons (Fsp3) is 0. The van der Waals surface area contributed by atoms with Crippen molar-refractivity contribution < 1.29 is 71.6 Å². The standard InChI is InChI=1S/C10H7O.BH3O3.K/c11-10-6-5-8-3-1-2-4-9(8)7-10;2-1(3)4;/h2-7,11H;2-4H;/q-1;;+1. The van der Waals surface area contributed by atoms with Crippen LogP contribution in [0.25, 0.3) is 10.8 Å². The largest absolute Gasteiger partial charge is 1.00 e. The Labute approximate surface area is 136 Å². The second-order valence-corrected chi connectivity index (χ2v) is 2.80. The molecule has 0 aromatic heterocycles. The van der Waals surface area contributed by atoms with E-state index in [1.54, 1.807) is 12.1 Å². The second-order valence-electron chi connectivity index (χ2n) is 2.80. The Kier molecular flexibility index (Phi) is 8.25. The van der Waals surface area contributed by atoms with E-state index in [9.17, 15) is 0 Å². The molecule has 0 aliphatic carbocycles. The minimum atomic E-state index is -2.17. The molecule has 0 aliphatic rings. The molecular weight excluding hydrogens is 234 g/mol. The van der Waals surface area contributed by atoms with E-state index in [1.807, 2.05) is 24.3 Å². The molecule has 0 unspecified atom stereocenters. The number of hydrogen-bond donors (Lipinski definition) is 4. The van der Waals surface area contributed by atoms with Crippen molar-refractivity contribution in [3.8, 4) is 5.75 Å². The average molecular weight is 244 g/mol. The summed E-state index contributed by atoms with van der Waals surface area (Å²) in [7, 11) is -2.17. The molecule has 0 bridgehead atoms. The van der Waals surface area contributed by atoms with E-state index >= 15 is 0 Å². The first-order valence-electron chi connectivity index (χ1n) is 4.22. The van der Waals surface area contributed by atoms with Gasteiger partial charge in [-0.15, -0.1) is 16.8 Å². The van der Waals surface area contributed by atoms with Gasteiger partial charge in [0, 0.05) is 0 Å². The Hall–Kier alpha value is 0.0813. The van der Waals surface area contributed by atoms with Crippen LogP contribution >= 0.6 is 0 Å². The van der Waals surface area contributed by atoms with Gasteiger partial charge in [0.05, 0.1) is 0 Å². The van der Waals surface area contributed by atoms with Crippen molar-refractivity contribution in [3.63, 3.8) is 0 Å². The van der Waals surface area contributed by atoms with Crippen LogP contribution in [-0.4, -0.2) is 27.5 Å². The van der Waals surface area contributed by atoms with Crippen molar-refractivity contribution in [1.29, 1.82) is 0 Å². The quantitative estimate of drug-likeness (QED) is 0.300. The normalized spacial score (nSPS) is 8.69. The van der Waals surface area contributed by atoms with Gasteiger partial charge in [0.15, 0.2) is 0 Å². The Bertz CT molecular complexity index is 433. The van der Waals surface area contributed by atoms with E-state index in [-0.39, 0.29) is 51.4 Å². The summed E-state index contributed by atoms with van der Waals surface area (Å²) in [4.78, 5) is 0. The molecule has 0 saturated heterocycles. The van der Waals surface area contributed by atoms with Crippen molar-refractivity contribution in [2.24, 2.45) is 0 Å². The number of rotatable bonds is 0. The zero-order chi connectivity index (χ0) is 11.3. The molecule has 16 heavy (non-hydrogen) atoms. The summed E-state index contributed by atoms with van der Waals surface area (Å²) < 4.78 is 0. The minimum absolute atomic E-state index is 0. The smallest absolute Gasteiger partial charge is 0.508 e. The van der Waals surface area contributed by atoms with Crippen molar-refractivity contribution in [1.82, 2.24) is 0 Å². The van der Waals surface area contributed by atoms with E-state index < -0.39 is 7.32 Å². The maximum Gasteiger partial charge on any atom is 1.00 e. The molecule has 4 nitrogen and oxygen atoms in total. The van der Waals surface area contributed by atoms with Crippen molar-refractivity contribution in [3.05, 3.63) is 42.5 Å². The summed E-state index contributed by atoms with van der Waals surface area (Å²) >= 11 is 0. The van der Waals surface area contributed by atoms with Crippen LogP contribution in [0.1, 0.15) is 0 Å². The Morgan fingerprint density at radius 3 is 2.25 bits per heavy atom. The predicted octanol–water partition coefficient (Wildman–Crippen LogP) is -2.70. The Balaban J connectivity index is 0.000000397. The molecule has 0 fully saturated rings. The number of phenolic OH excluding ortho intramolecular Hbond substituents is 1. The molecule has 4 N–H and O–H groups in total. The molecule has 2 aromatic carbocycles. The molecule has 0 radical (unpaired) electrons. The summed E-state index contributed by atoms with van der Waals surface area (Å²) in [5, 5.41) is 32.8. The number of phenols is 1. The van der Waals surface area contributed by atoms with Gasteiger partial charge in [-0.2, -0.15) is 24.3 Å². The van der Waals surface area contributed by atoms with Gasteiger partial charge in [0.1, 0.15) is 5.75 Å². The van der Waals surface area contributed by atoms with Crippen LogP contribution in [0.15, 0.2) is 36.4 Å². The molecule has 0 amide bonds. The summed E-state index contributed by atoms with van der Waals surface area (Å²) in [6.45, 7) is 0. The zero-order valence-electron chi connectivity index (χ0n) is 8.83.